The third kappa shape index (κ3) is 7.34. The highest BCUT2D eigenvalue weighted by Gasteiger charge is 2.15. The number of unbranched alkanes of at least 4 members (excludes halogenated alkanes) is 1. The fourth-order valence-electron chi connectivity index (χ4n) is 1.98. The van der Waals surface area contributed by atoms with Gasteiger partial charge in [0.1, 0.15) is 0 Å². The normalized spacial score (nSPS) is 21.0. The molecule has 100 valence electrons. The van der Waals surface area contributed by atoms with Gasteiger partial charge < -0.3 is 15.4 Å². The van der Waals surface area contributed by atoms with Gasteiger partial charge in [-0.15, -0.1) is 0 Å². The van der Waals surface area contributed by atoms with E-state index in [4.69, 9.17) is 4.74 Å². The Morgan fingerprint density at radius 2 is 2.24 bits per heavy atom. The zero-order valence-electron chi connectivity index (χ0n) is 11.0. The molecule has 0 spiro atoms. The zero-order chi connectivity index (χ0) is 12.3. The van der Waals surface area contributed by atoms with E-state index in [0.29, 0.717) is 12.5 Å². The number of rotatable bonds is 8. The second kappa shape index (κ2) is 9.42. The molecule has 0 aromatic heterocycles. The lowest BCUT2D eigenvalue weighted by atomic mass is 10.1. The van der Waals surface area contributed by atoms with Crippen LogP contribution < -0.4 is 10.6 Å². The van der Waals surface area contributed by atoms with Crippen LogP contribution in [-0.2, 0) is 9.53 Å². The number of nitrogens with one attached hydrogen (secondary N) is 2. The maximum absolute atomic E-state index is 11.3. The third-order valence-electron chi connectivity index (χ3n) is 3.02. The van der Waals surface area contributed by atoms with Crippen molar-refractivity contribution in [2.45, 2.75) is 51.5 Å². The Bertz CT molecular complexity index is 210. The third-order valence-corrected chi connectivity index (χ3v) is 3.02. The molecule has 0 aromatic rings. The molecule has 17 heavy (non-hydrogen) atoms. The Morgan fingerprint density at radius 3 is 3.06 bits per heavy atom. The topological polar surface area (TPSA) is 50.4 Å². The van der Waals surface area contributed by atoms with Crippen molar-refractivity contribution in [3.63, 3.8) is 0 Å². The Balaban J connectivity index is 1.96. The van der Waals surface area contributed by atoms with E-state index in [-0.39, 0.29) is 5.91 Å². The van der Waals surface area contributed by atoms with E-state index in [9.17, 15) is 4.79 Å². The summed E-state index contributed by atoms with van der Waals surface area (Å²) in [7, 11) is 0. The van der Waals surface area contributed by atoms with Gasteiger partial charge in [-0.25, -0.2) is 0 Å². The van der Waals surface area contributed by atoms with Crippen LogP contribution in [0.4, 0.5) is 0 Å². The number of hydrogen-bond donors (Lipinski definition) is 2. The molecule has 4 nitrogen and oxygen atoms in total. The van der Waals surface area contributed by atoms with Crippen molar-refractivity contribution in [1.29, 1.82) is 0 Å². The van der Waals surface area contributed by atoms with Crippen LogP contribution in [0.1, 0.15) is 45.4 Å². The van der Waals surface area contributed by atoms with Crippen LogP contribution in [0, 0.1) is 0 Å². The van der Waals surface area contributed by atoms with E-state index in [1.165, 1.54) is 6.42 Å². The van der Waals surface area contributed by atoms with E-state index in [0.717, 1.165) is 52.0 Å². The minimum atomic E-state index is 0.180. The minimum absolute atomic E-state index is 0.180. The molecule has 1 atom stereocenters. The molecule has 1 heterocycles. The number of carbonyl (C=O) groups is 1. The predicted molar refractivity (Wildman–Crippen MR) is 69.0 cm³/mol. The van der Waals surface area contributed by atoms with Gasteiger partial charge in [-0.2, -0.15) is 0 Å². The fourth-order valence-corrected chi connectivity index (χ4v) is 1.98. The van der Waals surface area contributed by atoms with Crippen molar-refractivity contribution in [2.75, 3.05) is 26.3 Å². The lowest BCUT2D eigenvalue weighted by Crippen LogP contribution is -2.33. The van der Waals surface area contributed by atoms with Crippen molar-refractivity contribution in [3.05, 3.63) is 0 Å². The van der Waals surface area contributed by atoms with Gasteiger partial charge in [0.2, 0.25) is 5.91 Å². The van der Waals surface area contributed by atoms with Crippen LogP contribution in [0.25, 0.3) is 0 Å². The summed E-state index contributed by atoms with van der Waals surface area (Å²) in [4.78, 5) is 11.3. The second-order valence-corrected chi connectivity index (χ2v) is 4.67. The average Bonchev–Trinajstić information content (AvgIpc) is 2.52. The monoisotopic (exact) mass is 242 g/mol. The molecule has 1 aliphatic rings. The largest absolute Gasteiger partial charge is 0.381 e. The molecule has 0 saturated carbocycles. The van der Waals surface area contributed by atoms with Crippen molar-refractivity contribution in [3.8, 4) is 0 Å². The maximum atomic E-state index is 11.3. The zero-order valence-corrected chi connectivity index (χ0v) is 11.0. The van der Waals surface area contributed by atoms with Crippen LogP contribution in [0.2, 0.25) is 0 Å². The first kappa shape index (κ1) is 14.5. The van der Waals surface area contributed by atoms with Crippen LogP contribution in [0.3, 0.4) is 0 Å². The van der Waals surface area contributed by atoms with Gasteiger partial charge in [-0.1, -0.05) is 13.3 Å². The predicted octanol–water partition coefficient (Wildman–Crippen LogP) is 1.45. The highest BCUT2D eigenvalue weighted by Crippen LogP contribution is 2.05. The minimum Gasteiger partial charge on any atom is -0.381 e. The first-order chi connectivity index (χ1) is 8.33. The molecule has 1 amide bonds. The fraction of sp³-hybridized carbons (Fsp3) is 0.923. The average molecular weight is 242 g/mol. The van der Waals surface area contributed by atoms with Crippen LogP contribution in [0.5, 0.6) is 0 Å². The highest BCUT2D eigenvalue weighted by atomic mass is 16.5. The van der Waals surface area contributed by atoms with Crippen LogP contribution >= 0.6 is 0 Å². The van der Waals surface area contributed by atoms with Crippen molar-refractivity contribution in [2.24, 2.45) is 0 Å². The lowest BCUT2D eigenvalue weighted by Gasteiger charge is -2.14. The molecule has 1 unspecified atom stereocenters. The van der Waals surface area contributed by atoms with Gasteiger partial charge in [0.25, 0.3) is 0 Å². The second-order valence-electron chi connectivity index (χ2n) is 4.67. The van der Waals surface area contributed by atoms with Crippen molar-refractivity contribution < 1.29 is 9.53 Å². The first-order valence-electron chi connectivity index (χ1n) is 6.90. The summed E-state index contributed by atoms with van der Waals surface area (Å²) in [5.74, 6) is 0.180. The summed E-state index contributed by atoms with van der Waals surface area (Å²) in [5, 5.41) is 6.34. The van der Waals surface area contributed by atoms with Crippen molar-refractivity contribution >= 4 is 5.91 Å². The van der Waals surface area contributed by atoms with E-state index in [2.05, 4.69) is 17.6 Å². The summed E-state index contributed by atoms with van der Waals surface area (Å²) in [6, 6.07) is 0.355. The molecule has 1 fully saturated rings. The number of hydrogen-bond acceptors (Lipinski definition) is 3. The quantitative estimate of drug-likeness (QED) is 0.633. The van der Waals surface area contributed by atoms with E-state index < -0.39 is 0 Å². The Labute approximate surface area is 104 Å². The Hall–Kier alpha value is -0.610. The summed E-state index contributed by atoms with van der Waals surface area (Å²) in [6.45, 7) is 5.65. The van der Waals surface area contributed by atoms with Gasteiger partial charge in [0.15, 0.2) is 0 Å². The van der Waals surface area contributed by atoms with Gasteiger partial charge in [0.05, 0.1) is 0 Å². The molecule has 4 heteroatoms. The molecule has 2 N–H and O–H groups in total. The van der Waals surface area contributed by atoms with E-state index in [1.807, 2.05) is 0 Å². The molecule has 1 saturated heterocycles. The highest BCUT2D eigenvalue weighted by molar-refractivity contribution is 5.76. The molecule has 0 aromatic carbocycles. The molecular formula is C13H26N2O2. The first-order valence-corrected chi connectivity index (χ1v) is 6.90. The van der Waals surface area contributed by atoms with Gasteiger partial charge in [0, 0.05) is 32.2 Å². The summed E-state index contributed by atoms with van der Waals surface area (Å²) >= 11 is 0. The van der Waals surface area contributed by atoms with Gasteiger partial charge in [-0.3, -0.25) is 4.79 Å². The molecule has 0 bridgehead atoms. The Morgan fingerprint density at radius 1 is 1.41 bits per heavy atom. The maximum Gasteiger partial charge on any atom is 0.221 e. The molecule has 1 rings (SSSR count). The SMILES string of the molecule is CCCCOCCCNC1CCCNC(=O)C1. The molecule has 0 radical (unpaired) electrons. The summed E-state index contributed by atoms with van der Waals surface area (Å²) in [6.07, 6.45) is 6.16. The molecular weight excluding hydrogens is 216 g/mol. The van der Waals surface area contributed by atoms with Crippen molar-refractivity contribution in [1.82, 2.24) is 10.6 Å². The van der Waals surface area contributed by atoms with E-state index in [1.54, 1.807) is 0 Å². The summed E-state index contributed by atoms with van der Waals surface area (Å²) in [5.41, 5.74) is 0. The van der Waals surface area contributed by atoms with Gasteiger partial charge >= 0.3 is 0 Å². The van der Waals surface area contributed by atoms with Crippen LogP contribution in [-0.4, -0.2) is 38.3 Å². The molecule has 1 aliphatic heterocycles. The Kier molecular flexibility index (Phi) is 8.01. The van der Waals surface area contributed by atoms with E-state index >= 15 is 0 Å². The number of carbonyl (C=O) groups excluding carboxylic acids is 1. The standard InChI is InChI=1S/C13H26N2O2/c1-2-3-9-17-10-5-8-14-12-6-4-7-15-13(16)11-12/h12,14H,2-11H2,1H3,(H,15,16). The smallest absolute Gasteiger partial charge is 0.221 e. The number of ether oxygens (including phenoxy) is 1. The lowest BCUT2D eigenvalue weighted by molar-refractivity contribution is -0.121. The van der Waals surface area contributed by atoms with Crippen LogP contribution in [0.15, 0.2) is 0 Å². The van der Waals surface area contributed by atoms with Gasteiger partial charge in [-0.05, 0) is 32.2 Å². The molecule has 0 aliphatic carbocycles. The summed E-state index contributed by atoms with van der Waals surface area (Å²) < 4.78 is 5.49. The number of amides is 1.